The number of methoxy groups -OCH3 is 1. The van der Waals surface area contributed by atoms with Crippen LogP contribution in [0.15, 0.2) is 23.3 Å². The normalized spacial score (nSPS) is 38.2. The molecule has 0 amide bonds. The molecule has 12 heteroatoms. The number of allylic oxidation sites excluding steroid dienone is 2. The van der Waals surface area contributed by atoms with E-state index < -0.39 is 19.1 Å². The molecule has 0 saturated carbocycles. The first-order valence-electron chi connectivity index (χ1n) is 10.4. The molecule has 0 aromatic rings. The van der Waals surface area contributed by atoms with Gasteiger partial charge in [0.1, 0.15) is 5.50 Å². The summed E-state index contributed by atoms with van der Waals surface area (Å²) in [4.78, 5) is 3.98. The minimum Gasteiger partial charge on any atom is -0.367 e. The monoisotopic (exact) mass is 494 g/mol. The Labute approximate surface area is 195 Å². The lowest BCUT2D eigenvalue weighted by atomic mass is 9.73. The molecule has 31 heavy (non-hydrogen) atoms. The lowest BCUT2D eigenvalue weighted by Crippen LogP contribution is -2.53. The summed E-state index contributed by atoms with van der Waals surface area (Å²) in [5, 5.41) is 46.6. The number of ether oxygens (including phenoxy) is 1. The molecule has 0 aromatic heterocycles. The highest BCUT2D eigenvalue weighted by atomic mass is 35.5. The highest BCUT2D eigenvalue weighted by Gasteiger charge is 2.56. The summed E-state index contributed by atoms with van der Waals surface area (Å²) < 4.78 is 5.29. The van der Waals surface area contributed by atoms with E-state index in [-0.39, 0.29) is 33.2 Å². The largest absolute Gasteiger partial charge is 0.367 e. The van der Waals surface area contributed by atoms with Crippen LogP contribution in [0.1, 0.15) is 6.42 Å². The maximum Gasteiger partial charge on any atom is 0.215 e. The number of likely N-dealkylation sites (tertiary alicyclic amines) is 2. The molecular weight excluding hydrogens is 464 g/mol. The Kier molecular flexibility index (Phi) is 7.95. The second-order valence-electron chi connectivity index (χ2n) is 8.45. The second kappa shape index (κ2) is 10.2. The van der Waals surface area contributed by atoms with Crippen molar-refractivity contribution >= 4 is 35.1 Å². The molecule has 0 bridgehead atoms. The topological polar surface area (TPSA) is 121 Å². The van der Waals surface area contributed by atoms with Gasteiger partial charge in [-0.15, -0.1) is 23.5 Å². The van der Waals surface area contributed by atoms with Crippen molar-refractivity contribution < 1.29 is 25.2 Å². The third kappa shape index (κ3) is 5.28. The predicted molar refractivity (Wildman–Crippen MR) is 122 cm³/mol. The molecule has 0 aromatic carbocycles. The molecule has 4 aliphatic rings. The molecule has 4 rings (SSSR count). The van der Waals surface area contributed by atoms with Gasteiger partial charge in [-0.2, -0.15) is 0 Å². The van der Waals surface area contributed by atoms with Crippen LogP contribution in [0.4, 0.5) is 0 Å². The van der Waals surface area contributed by atoms with Crippen molar-refractivity contribution in [1.29, 1.82) is 0 Å². The van der Waals surface area contributed by atoms with Crippen LogP contribution in [0.2, 0.25) is 0 Å². The number of hydrogen-bond donors (Lipinski definition) is 6. The Morgan fingerprint density at radius 2 is 2.19 bits per heavy atom. The molecule has 1 aliphatic carbocycles. The number of aliphatic hydroxyl groups excluding tert-OH is 3. The van der Waals surface area contributed by atoms with Crippen molar-refractivity contribution in [3.63, 3.8) is 0 Å². The maximum atomic E-state index is 11.1. The smallest absolute Gasteiger partial charge is 0.215 e. The number of nitrogens with one attached hydrogen (secondary N) is 2. The van der Waals surface area contributed by atoms with E-state index in [2.05, 4.69) is 27.7 Å². The van der Waals surface area contributed by atoms with Gasteiger partial charge in [0, 0.05) is 61.4 Å². The van der Waals surface area contributed by atoms with Crippen molar-refractivity contribution in [1.82, 2.24) is 20.4 Å². The average molecular weight is 495 g/mol. The van der Waals surface area contributed by atoms with Crippen molar-refractivity contribution in [2.45, 2.75) is 41.6 Å². The first-order valence-corrected chi connectivity index (χ1v) is 12.8. The van der Waals surface area contributed by atoms with E-state index in [0.29, 0.717) is 24.7 Å². The lowest BCUT2D eigenvalue weighted by Gasteiger charge is -2.33. The second-order valence-corrected chi connectivity index (χ2v) is 11.7. The van der Waals surface area contributed by atoms with Crippen molar-refractivity contribution in [2.75, 3.05) is 39.0 Å². The van der Waals surface area contributed by atoms with E-state index in [1.54, 1.807) is 11.8 Å². The molecule has 3 fully saturated rings. The van der Waals surface area contributed by atoms with Gasteiger partial charge in [0.2, 0.25) is 6.41 Å². The van der Waals surface area contributed by atoms with Crippen LogP contribution in [0.3, 0.4) is 0 Å². The third-order valence-electron chi connectivity index (χ3n) is 6.49. The van der Waals surface area contributed by atoms with Crippen LogP contribution in [-0.2, 0) is 4.74 Å². The number of hydrogen-bond acceptors (Lipinski definition) is 11. The molecule has 9 nitrogen and oxygen atoms in total. The van der Waals surface area contributed by atoms with Crippen LogP contribution in [0.5, 0.6) is 0 Å². The van der Waals surface area contributed by atoms with Gasteiger partial charge >= 0.3 is 0 Å². The van der Waals surface area contributed by atoms with Crippen molar-refractivity contribution in [3.05, 3.63) is 23.3 Å². The summed E-state index contributed by atoms with van der Waals surface area (Å²) in [5.41, 5.74) is -0.274. The first-order chi connectivity index (χ1) is 14.8. The molecule has 7 atom stereocenters. The third-order valence-corrected chi connectivity index (χ3v) is 9.56. The summed E-state index contributed by atoms with van der Waals surface area (Å²) in [5.74, 6) is 0.392. The standard InChI is InChI=1S/C19H31ClN4O5S2/c1-29-18(28)23-5-4-19(9-23)10-24(13-3-2-11(20)6-12(13)19)17(27)22-16-21-7-15(31-16)30-8-14(25)26/h2-3,6,12-18,21-22,25-28H,4-5,7-10H2,1H3. The summed E-state index contributed by atoms with van der Waals surface area (Å²) in [6.45, 7) is 2.77. The molecule has 3 heterocycles. The Morgan fingerprint density at radius 1 is 1.39 bits per heavy atom. The van der Waals surface area contributed by atoms with Crippen molar-refractivity contribution in [3.8, 4) is 0 Å². The number of fused-ring (bicyclic) bond motifs is 2. The van der Waals surface area contributed by atoms with Crippen LogP contribution < -0.4 is 10.6 Å². The average Bonchev–Trinajstić information content (AvgIpc) is 3.45. The SMILES string of the molecule is COC(O)N1CCC2(C1)CN(C(O)NC1NCC(SCC(O)O)S1)C1C=CC(Cl)=CC12. The van der Waals surface area contributed by atoms with Crippen LogP contribution >= 0.6 is 35.1 Å². The molecule has 6 N–H and O–H groups in total. The summed E-state index contributed by atoms with van der Waals surface area (Å²) in [7, 11) is 1.49. The zero-order valence-electron chi connectivity index (χ0n) is 17.3. The molecule has 3 aliphatic heterocycles. The number of aliphatic hydroxyl groups is 4. The lowest BCUT2D eigenvalue weighted by molar-refractivity contribution is -0.172. The van der Waals surface area contributed by atoms with E-state index in [0.717, 1.165) is 13.0 Å². The number of halogens is 1. The Bertz CT molecular complexity index is 704. The summed E-state index contributed by atoms with van der Waals surface area (Å²) >= 11 is 9.45. The first kappa shape index (κ1) is 24.2. The molecular formula is C19H31ClN4O5S2. The molecule has 7 unspecified atom stereocenters. The van der Waals surface area contributed by atoms with Gasteiger partial charge < -0.3 is 25.2 Å². The highest BCUT2D eigenvalue weighted by molar-refractivity contribution is 8.17. The zero-order valence-corrected chi connectivity index (χ0v) is 19.7. The predicted octanol–water partition coefficient (Wildman–Crippen LogP) is -0.551. The van der Waals surface area contributed by atoms with Gasteiger partial charge in [-0.3, -0.25) is 20.4 Å². The summed E-state index contributed by atoms with van der Waals surface area (Å²) in [6.07, 6.45) is 3.79. The van der Waals surface area contributed by atoms with Gasteiger partial charge in [0.25, 0.3) is 0 Å². The maximum absolute atomic E-state index is 11.1. The van der Waals surface area contributed by atoms with E-state index in [4.69, 9.17) is 26.6 Å². The zero-order chi connectivity index (χ0) is 22.2. The fraction of sp³-hybridized carbons (Fsp3) is 0.789. The van der Waals surface area contributed by atoms with Gasteiger partial charge in [-0.05, 0) is 12.5 Å². The van der Waals surface area contributed by atoms with Crippen LogP contribution in [0.25, 0.3) is 0 Å². The quantitative estimate of drug-likeness (QED) is 0.244. The van der Waals surface area contributed by atoms with Crippen LogP contribution in [0, 0.1) is 11.3 Å². The van der Waals surface area contributed by atoms with Gasteiger partial charge in [-0.1, -0.05) is 23.8 Å². The highest BCUT2D eigenvalue weighted by Crippen LogP contribution is 2.50. The number of nitrogens with zero attached hydrogens (tertiary/aromatic N) is 2. The minimum atomic E-state index is -1.32. The number of rotatable bonds is 8. The Hall–Kier alpha value is 0.110. The summed E-state index contributed by atoms with van der Waals surface area (Å²) in [6, 6.07) is 0.00532. The number of thioether (sulfide) groups is 2. The van der Waals surface area contributed by atoms with E-state index >= 15 is 0 Å². The molecule has 3 saturated heterocycles. The minimum absolute atomic E-state index is 0.00532. The molecule has 1 spiro atoms. The van der Waals surface area contributed by atoms with Gasteiger partial charge in [0.05, 0.1) is 4.58 Å². The van der Waals surface area contributed by atoms with E-state index in [9.17, 15) is 10.2 Å². The molecule has 176 valence electrons. The van der Waals surface area contributed by atoms with Crippen LogP contribution in [-0.4, -0.2) is 104 Å². The molecule has 0 radical (unpaired) electrons. The van der Waals surface area contributed by atoms with Gasteiger partial charge in [-0.25, -0.2) is 0 Å². The Balaban J connectivity index is 1.41. The van der Waals surface area contributed by atoms with Gasteiger partial charge in [0.15, 0.2) is 12.6 Å². The Morgan fingerprint density at radius 3 is 2.94 bits per heavy atom. The fourth-order valence-electron chi connectivity index (χ4n) is 5.06. The van der Waals surface area contributed by atoms with E-state index in [1.807, 2.05) is 11.0 Å². The fourth-order valence-corrected chi connectivity index (χ4v) is 7.64. The van der Waals surface area contributed by atoms with Crippen molar-refractivity contribution in [2.24, 2.45) is 11.3 Å². The van der Waals surface area contributed by atoms with E-state index in [1.165, 1.54) is 18.9 Å².